The zero-order valence-electron chi connectivity index (χ0n) is 81.4. The summed E-state index contributed by atoms with van der Waals surface area (Å²) in [5.41, 5.74) is 53.2. The Hall–Kier alpha value is -16.0. The molecule has 0 saturated carbocycles. The third-order valence-electron chi connectivity index (χ3n) is 25.9. The van der Waals surface area contributed by atoms with E-state index in [1.54, 1.807) is 0 Å². The Morgan fingerprint density at radius 3 is 0.365 bits per heavy atom. The molecule has 0 saturated heterocycles. The molecule has 0 fully saturated rings. The minimum Gasteiger partial charge on any atom is -0.208 e. The Morgan fingerprint density at radius 2 is 0.212 bits per heavy atom. The summed E-state index contributed by atoms with van der Waals surface area (Å²) in [5.74, 6) is 3.65. The van der Waals surface area contributed by atoms with Gasteiger partial charge in [0, 0.05) is 33.4 Å². The number of nitrogens with zero attached hydrogens (tertiary/aromatic N) is 6. The maximum atomic E-state index is 5.55. The molecule has 0 bridgehead atoms. The molecule has 2 aromatic heterocycles. The van der Waals surface area contributed by atoms with Crippen molar-refractivity contribution in [1.29, 1.82) is 0 Å². The summed E-state index contributed by atoms with van der Waals surface area (Å²) in [5, 5.41) is 0. The van der Waals surface area contributed by atoms with Gasteiger partial charge in [-0.3, -0.25) is 0 Å². The van der Waals surface area contributed by atoms with Crippen LogP contribution in [-0.2, 0) is 0 Å². The van der Waals surface area contributed by atoms with Gasteiger partial charge in [0.1, 0.15) is 0 Å². The summed E-state index contributed by atoms with van der Waals surface area (Å²) < 4.78 is 0. The van der Waals surface area contributed by atoms with Crippen molar-refractivity contribution in [1.82, 2.24) is 29.9 Å². The number of aromatic nitrogens is 6. The monoisotopic (exact) mass is 1770 g/mol. The molecule has 2 heterocycles. The predicted molar refractivity (Wildman–Crippen MR) is 578 cm³/mol. The standard InChI is InChI=1S/C68H61N3.C63H51N3/c1-40-13-12-14-51(20-40)57-31-58(52-21-41(2)15-42(3)22-52)35-63(34-57)66-69-67(64-36-59(53-23-43(4)16-44(5)24-53)32-60(37-64)54-25-45(6)17-46(7)26-54)71-68(70-66)65-38-61(55-27-47(8)18-48(9)28-55)33-62(39-65)56-29-49(10)19-50(11)30-56;1-40-7-19-46(20-8-40)52-31-53(47-21-9-41(2)10-22-47)35-58(34-52)61-64-62(59-36-54(48-23-11-42(3)12-24-48)32-55(37-59)49-25-13-43(4)14-26-49)66-63(65-61)60-38-56(50-27-15-44(5)16-28-50)33-57(39-60)51-29-17-45(6)18-30-51/h12-39H,1-11H3;7-39H,1-6H3. The van der Waals surface area contributed by atoms with E-state index in [1.165, 1.54) is 94.6 Å². The van der Waals surface area contributed by atoms with E-state index in [2.05, 4.69) is 488 Å². The summed E-state index contributed by atoms with van der Waals surface area (Å²) in [7, 11) is 0. The van der Waals surface area contributed by atoms with Gasteiger partial charge in [-0.25, -0.2) is 29.9 Å². The summed E-state index contributed by atoms with van der Waals surface area (Å²) >= 11 is 0. The van der Waals surface area contributed by atoms with E-state index in [1.807, 2.05) is 0 Å². The molecule has 20 aromatic rings. The van der Waals surface area contributed by atoms with Crippen LogP contribution in [-0.4, -0.2) is 29.9 Å². The Kier molecular flexibility index (Phi) is 25.4. The largest absolute Gasteiger partial charge is 0.208 e. The number of hydrogen-bond acceptors (Lipinski definition) is 6. The molecule has 0 aliphatic rings. The van der Waals surface area contributed by atoms with Crippen LogP contribution in [0.5, 0.6) is 0 Å². The summed E-state index contributed by atoms with van der Waals surface area (Å²) in [6.07, 6.45) is 0. The molecule has 0 unspecified atom stereocenters. The van der Waals surface area contributed by atoms with Crippen molar-refractivity contribution in [3.05, 3.63) is 465 Å². The van der Waals surface area contributed by atoms with E-state index >= 15 is 0 Å². The van der Waals surface area contributed by atoms with Gasteiger partial charge in [-0.2, -0.15) is 0 Å². The zero-order valence-corrected chi connectivity index (χ0v) is 81.4. The van der Waals surface area contributed by atoms with Gasteiger partial charge in [-0.05, 0) is 360 Å². The average molecular weight is 1770 g/mol. The Balaban J connectivity index is 0.000000176. The lowest BCUT2D eigenvalue weighted by Gasteiger charge is -2.16. The highest BCUT2D eigenvalue weighted by Crippen LogP contribution is 2.44. The molecule has 0 aliphatic carbocycles. The first-order valence-corrected chi connectivity index (χ1v) is 47.5. The second-order valence-corrected chi connectivity index (χ2v) is 38.4. The van der Waals surface area contributed by atoms with Crippen LogP contribution >= 0.6 is 0 Å². The van der Waals surface area contributed by atoms with Crippen LogP contribution < -0.4 is 0 Å². The number of benzene rings is 18. The van der Waals surface area contributed by atoms with Gasteiger partial charge in [0.15, 0.2) is 34.9 Å². The lowest BCUT2D eigenvalue weighted by atomic mass is 9.92. The summed E-state index contributed by atoms with van der Waals surface area (Å²) in [6, 6.07) is 136. The number of aryl methyl sites for hydroxylation is 17. The van der Waals surface area contributed by atoms with Crippen LogP contribution in [0.4, 0.5) is 0 Å². The molecule has 666 valence electrons. The lowest BCUT2D eigenvalue weighted by molar-refractivity contribution is 1.07. The SMILES string of the molecule is Cc1ccc(-c2cc(-c3ccc(C)cc3)cc(-c3nc(-c4cc(-c5ccc(C)cc5)cc(-c5ccc(C)cc5)c4)nc(-c4cc(-c5ccc(C)cc5)cc(-c5ccc(C)cc5)c4)n3)c2)cc1.Cc1cccc(-c2cc(-c3cc(C)cc(C)c3)cc(-c3nc(-c4cc(-c5cc(C)cc(C)c5)cc(-c5cc(C)cc(C)c5)c4)nc(-c4cc(-c5cc(C)cc(C)c5)cc(-c5cc(C)cc(C)c5)c4)n3)c2)c1. The van der Waals surface area contributed by atoms with Gasteiger partial charge < -0.3 is 0 Å². The quantitative estimate of drug-likeness (QED) is 0.0852. The predicted octanol–water partition coefficient (Wildman–Crippen LogP) is 35.0. The van der Waals surface area contributed by atoms with E-state index in [-0.39, 0.29) is 0 Å². The van der Waals surface area contributed by atoms with Crippen LogP contribution in [0, 0.1) is 118 Å². The third kappa shape index (κ3) is 21.0. The molecule has 137 heavy (non-hydrogen) atoms. The molecule has 6 heteroatoms. The molecular formula is C131H112N6. The van der Waals surface area contributed by atoms with Crippen molar-refractivity contribution in [3.63, 3.8) is 0 Å². The molecule has 0 amide bonds. The molecule has 0 spiro atoms. The Bertz CT molecular complexity index is 7040. The van der Waals surface area contributed by atoms with Crippen molar-refractivity contribution in [2.24, 2.45) is 0 Å². The van der Waals surface area contributed by atoms with Crippen molar-refractivity contribution in [2.75, 3.05) is 0 Å². The molecule has 18 aromatic carbocycles. The summed E-state index contributed by atoms with van der Waals surface area (Å²) in [4.78, 5) is 33.0. The second kappa shape index (κ2) is 38.5. The molecule has 6 nitrogen and oxygen atoms in total. The fourth-order valence-corrected chi connectivity index (χ4v) is 19.1. The van der Waals surface area contributed by atoms with Crippen molar-refractivity contribution in [2.45, 2.75) is 118 Å². The van der Waals surface area contributed by atoms with Gasteiger partial charge in [0.2, 0.25) is 0 Å². The van der Waals surface area contributed by atoms with Crippen LogP contribution in [0.25, 0.3) is 202 Å². The molecule has 0 N–H and O–H groups in total. The fourth-order valence-electron chi connectivity index (χ4n) is 19.1. The minimum atomic E-state index is 0.604. The smallest absolute Gasteiger partial charge is 0.164 e. The third-order valence-corrected chi connectivity index (χ3v) is 25.9. The Labute approximate surface area is 808 Å². The van der Waals surface area contributed by atoms with E-state index in [0.29, 0.717) is 34.9 Å². The minimum absolute atomic E-state index is 0.604. The van der Waals surface area contributed by atoms with E-state index in [0.717, 1.165) is 167 Å². The number of rotatable bonds is 18. The Morgan fingerprint density at radius 1 is 0.0876 bits per heavy atom. The maximum Gasteiger partial charge on any atom is 0.164 e. The topological polar surface area (TPSA) is 77.3 Å². The molecule has 20 rings (SSSR count). The van der Waals surface area contributed by atoms with Gasteiger partial charge in [-0.15, -0.1) is 0 Å². The second-order valence-electron chi connectivity index (χ2n) is 38.4. The molecule has 0 atom stereocenters. The van der Waals surface area contributed by atoms with Crippen LogP contribution in [0.2, 0.25) is 0 Å². The van der Waals surface area contributed by atoms with Gasteiger partial charge in [0.05, 0.1) is 0 Å². The van der Waals surface area contributed by atoms with Crippen molar-refractivity contribution < 1.29 is 0 Å². The maximum absolute atomic E-state index is 5.55. The van der Waals surface area contributed by atoms with E-state index in [9.17, 15) is 0 Å². The summed E-state index contributed by atoms with van der Waals surface area (Å²) in [6.45, 7) is 36.6. The van der Waals surface area contributed by atoms with Crippen LogP contribution in [0.1, 0.15) is 94.6 Å². The number of hydrogen-bond donors (Lipinski definition) is 0. The average Bonchev–Trinajstić information content (AvgIpc) is 0.769. The van der Waals surface area contributed by atoms with Gasteiger partial charge in [0.25, 0.3) is 0 Å². The first-order chi connectivity index (χ1) is 66.1. The van der Waals surface area contributed by atoms with E-state index < -0.39 is 0 Å². The van der Waals surface area contributed by atoms with Crippen LogP contribution in [0.3, 0.4) is 0 Å². The van der Waals surface area contributed by atoms with Crippen molar-refractivity contribution in [3.8, 4) is 202 Å². The lowest BCUT2D eigenvalue weighted by Crippen LogP contribution is -2.02. The highest BCUT2D eigenvalue weighted by atomic mass is 15.0. The zero-order chi connectivity index (χ0) is 95.0. The van der Waals surface area contributed by atoms with Gasteiger partial charge in [-0.1, -0.05) is 355 Å². The van der Waals surface area contributed by atoms with Gasteiger partial charge >= 0.3 is 0 Å². The first-order valence-electron chi connectivity index (χ1n) is 47.5. The molecule has 0 aliphatic heterocycles. The normalized spacial score (nSPS) is 11.2. The highest BCUT2D eigenvalue weighted by Gasteiger charge is 2.24. The first kappa shape index (κ1) is 90.2. The van der Waals surface area contributed by atoms with Crippen LogP contribution in [0.15, 0.2) is 370 Å². The molecular weight excluding hydrogens is 1660 g/mol. The van der Waals surface area contributed by atoms with E-state index in [4.69, 9.17) is 29.9 Å². The fraction of sp³-hybridized carbons (Fsp3) is 0.130. The molecule has 0 radical (unpaired) electrons. The highest BCUT2D eigenvalue weighted by molar-refractivity contribution is 5.90. The van der Waals surface area contributed by atoms with Crippen molar-refractivity contribution >= 4 is 0 Å².